The van der Waals surface area contributed by atoms with E-state index in [2.05, 4.69) is 20.3 Å². The lowest BCUT2D eigenvalue weighted by Gasteiger charge is -2.09. The van der Waals surface area contributed by atoms with Crippen molar-refractivity contribution < 1.29 is 8.78 Å². The highest BCUT2D eigenvalue weighted by molar-refractivity contribution is 7.19. The van der Waals surface area contributed by atoms with E-state index in [9.17, 15) is 8.78 Å². The molecule has 0 unspecified atom stereocenters. The zero-order chi connectivity index (χ0) is 15.1. The Labute approximate surface area is 129 Å². The maximum atomic E-state index is 12.8. The summed E-state index contributed by atoms with van der Waals surface area (Å²) in [7, 11) is 0. The molecule has 5 nitrogen and oxygen atoms in total. The van der Waals surface area contributed by atoms with Gasteiger partial charge in [0, 0.05) is 17.3 Å². The Kier molecular flexibility index (Phi) is 3.25. The second-order valence-corrected chi connectivity index (χ2v) is 6.23. The van der Waals surface area contributed by atoms with E-state index in [-0.39, 0.29) is 12.4 Å². The van der Waals surface area contributed by atoms with Crippen molar-refractivity contribution >= 4 is 27.4 Å². The number of aryl methyl sites for hydroxylation is 2. The number of hydrogen-bond acceptors (Lipinski definition) is 5. The van der Waals surface area contributed by atoms with Gasteiger partial charge in [-0.1, -0.05) is 0 Å². The molecule has 0 saturated heterocycles. The van der Waals surface area contributed by atoms with Crippen molar-refractivity contribution in [2.24, 2.45) is 0 Å². The van der Waals surface area contributed by atoms with Crippen molar-refractivity contribution in [2.75, 3.05) is 5.32 Å². The second-order valence-electron chi connectivity index (χ2n) is 5.14. The van der Waals surface area contributed by atoms with E-state index in [0.717, 1.165) is 34.0 Å². The van der Waals surface area contributed by atoms with E-state index < -0.39 is 6.55 Å². The molecule has 3 aromatic rings. The largest absolute Gasteiger partial charge is 0.362 e. The first kappa shape index (κ1) is 13.6. The van der Waals surface area contributed by atoms with E-state index >= 15 is 0 Å². The van der Waals surface area contributed by atoms with Crippen molar-refractivity contribution in [3.05, 3.63) is 35.0 Å². The molecule has 114 valence electrons. The molecule has 0 aliphatic heterocycles. The average Bonchev–Trinajstić information content (AvgIpc) is 3.19. The summed E-state index contributed by atoms with van der Waals surface area (Å²) >= 11 is 1.70. The Hall–Kier alpha value is -2.09. The molecule has 22 heavy (non-hydrogen) atoms. The minimum atomic E-state index is -2.59. The molecule has 1 N–H and O–H groups in total. The van der Waals surface area contributed by atoms with Gasteiger partial charge in [-0.05, 0) is 24.8 Å². The molecular formula is C14H13F2N5S. The third-order valence-corrected chi connectivity index (χ3v) is 5.07. The number of nitrogens with one attached hydrogen (secondary N) is 1. The van der Waals surface area contributed by atoms with Gasteiger partial charge in [0.25, 0.3) is 0 Å². The van der Waals surface area contributed by atoms with Crippen LogP contribution in [-0.2, 0) is 19.4 Å². The quantitative estimate of drug-likeness (QED) is 0.800. The van der Waals surface area contributed by atoms with Crippen LogP contribution in [0.3, 0.4) is 0 Å². The predicted molar refractivity (Wildman–Crippen MR) is 80.2 cm³/mol. The summed E-state index contributed by atoms with van der Waals surface area (Å²) in [6.45, 7) is -2.39. The van der Waals surface area contributed by atoms with Gasteiger partial charge in [0.05, 0.1) is 11.9 Å². The fourth-order valence-corrected chi connectivity index (χ4v) is 4.11. The number of halogens is 2. The first-order chi connectivity index (χ1) is 10.7. The van der Waals surface area contributed by atoms with Crippen LogP contribution in [0.4, 0.5) is 14.6 Å². The number of nitrogens with zero attached hydrogens (tertiary/aromatic N) is 4. The Balaban J connectivity index is 1.66. The van der Waals surface area contributed by atoms with E-state index in [1.807, 2.05) is 0 Å². The summed E-state index contributed by atoms with van der Waals surface area (Å²) in [6.07, 6.45) is 7.44. The van der Waals surface area contributed by atoms with Crippen molar-refractivity contribution in [1.82, 2.24) is 19.5 Å². The molecule has 0 atom stereocenters. The first-order valence-electron chi connectivity index (χ1n) is 7.03. The molecule has 1 aliphatic carbocycles. The van der Waals surface area contributed by atoms with Crippen molar-refractivity contribution in [3.63, 3.8) is 0 Å². The lowest BCUT2D eigenvalue weighted by atomic mass is 10.2. The maximum Gasteiger partial charge on any atom is 0.319 e. The van der Waals surface area contributed by atoms with Gasteiger partial charge in [-0.2, -0.15) is 8.78 Å². The van der Waals surface area contributed by atoms with E-state index in [1.165, 1.54) is 29.2 Å². The number of aromatic nitrogens is 4. The van der Waals surface area contributed by atoms with Gasteiger partial charge in [-0.25, -0.2) is 15.0 Å². The third-order valence-electron chi connectivity index (χ3n) is 3.87. The van der Waals surface area contributed by atoms with Crippen LogP contribution in [0.25, 0.3) is 10.2 Å². The number of rotatable bonds is 4. The topological polar surface area (TPSA) is 55.6 Å². The fraction of sp³-hybridized carbons (Fsp3) is 0.357. The third kappa shape index (κ3) is 2.14. The standard InChI is InChI=1S/C14H13F2N5S/c15-14(16)21-5-4-17-10(21)6-18-12-11-8-2-1-3-9(8)22-13(11)20-7-19-12/h4-5,7,14H,1-3,6H2,(H,18,19,20). The predicted octanol–water partition coefficient (Wildman–Crippen LogP) is 3.38. The number of thiophene rings is 1. The van der Waals surface area contributed by atoms with E-state index in [1.54, 1.807) is 11.3 Å². The summed E-state index contributed by atoms with van der Waals surface area (Å²) in [6, 6.07) is 0. The molecule has 0 saturated carbocycles. The van der Waals surface area contributed by atoms with E-state index in [0.29, 0.717) is 5.82 Å². The van der Waals surface area contributed by atoms with Gasteiger partial charge in [0.1, 0.15) is 22.8 Å². The Morgan fingerprint density at radius 3 is 3.05 bits per heavy atom. The van der Waals surface area contributed by atoms with Gasteiger partial charge in [-0.3, -0.25) is 4.57 Å². The van der Waals surface area contributed by atoms with Crippen LogP contribution in [0.2, 0.25) is 0 Å². The summed E-state index contributed by atoms with van der Waals surface area (Å²) in [5.74, 6) is 0.988. The van der Waals surface area contributed by atoms with Gasteiger partial charge in [-0.15, -0.1) is 11.3 Å². The highest BCUT2D eigenvalue weighted by atomic mass is 32.1. The van der Waals surface area contributed by atoms with E-state index in [4.69, 9.17) is 0 Å². The van der Waals surface area contributed by atoms with Crippen LogP contribution in [0, 0.1) is 0 Å². The van der Waals surface area contributed by atoms with Crippen LogP contribution < -0.4 is 5.32 Å². The van der Waals surface area contributed by atoms with Crippen molar-refractivity contribution in [3.8, 4) is 0 Å². The summed E-state index contributed by atoms with van der Waals surface area (Å²) in [4.78, 5) is 14.9. The van der Waals surface area contributed by atoms with Gasteiger partial charge in [0.2, 0.25) is 0 Å². The number of hydrogen-bond donors (Lipinski definition) is 1. The molecule has 0 aromatic carbocycles. The van der Waals surface area contributed by atoms with Crippen molar-refractivity contribution in [1.29, 1.82) is 0 Å². The normalized spacial score (nSPS) is 14.0. The molecule has 0 spiro atoms. The highest BCUT2D eigenvalue weighted by Gasteiger charge is 2.21. The van der Waals surface area contributed by atoms with Gasteiger partial charge >= 0.3 is 6.55 Å². The molecule has 3 heterocycles. The zero-order valence-electron chi connectivity index (χ0n) is 11.6. The minimum Gasteiger partial charge on any atom is -0.362 e. The van der Waals surface area contributed by atoms with Crippen LogP contribution >= 0.6 is 11.3 Å². The fourth-order valence-electron chi connectivity index (χ4n) is 2.88. The summed E-state index contributed by atoms with van der Waals surface area (Å²) in [5.41, 5.74) is 1.31. The van der Waals surface area contributed by atoms with Crippen molar-refractivity contribution in [2.45, 2.75) is 32.4 Å². The van der Waals surface area contributed by atoms with Gasteiger partial charge in [0.15, 0.2) is 0 Å². The lowest BCUT2D eigenvalue weighted by molar-refractivity contribution is 0.0673. The first-order valence-corrected chi connectivity index (χ1v) is 7.84. The Morgan fingerprint density at radius 1 is 1.27 bits per heavy atom. The SMILES string of the molecule is FC(F)n1ccnc1CNc1ncnc2sc3c(c12)CCC3. The lowest BCUT2D eigenvalue weighted by Crippen LogP contribution is -2.10. The molecule has 8 heteroatoms. The molecule has 3 aromatic heterocycles. The number of anilines is 1. The maximum absolute atomic E-state index is 12.8. The van der Waals surface area contributed by atoms with Crippen LogP contribution in [0.5, 0.6) is 0 Å². The molecule has 0 bridgehead atoms. The van der Waals surface area contributed by atoms with Gasteiger partial charge < -0.3 is 5.32 Å². The zero-order valence-corrected chi connectivity index (χ0v) is 12.4. The minimum absolute atomic E-state index is 0.202. The number of alkyl halides is 2. The number of imidazole rings is 1. The Bertz CT molecular complexity index is 826. The van der Waals surface area contributed by atoms with Crippen LogP contribution in [0.15, 0.2) is 18.7 Å². The molecule has 0 fully saturated rings. The average molecular weight is 321 g/mol. The highest BCUT2D eigenvalue weighted by Crippen LogP contribution is 2.39. The Morgan fingerprint density at radius 2 is 2.18 bits per heavy atom. The summed E-state index contributed by atoms with van der Waals surface area (Å²) in [5, 5.41) is 4.18. The second kappa shape index (κ2) is 5.28. The molecule has 0 radical (unpaired) electrons. The smallest absolute Gasteiger partial charge is 0.319 e. The van der Waals surface area contributed by atoms with Crippen LogP contribution in [0.1, 0.15) is 29.2 Å². The molecule has 4 rings (SSSR count). The molecule has 0 amide bonds. The number of fused-ring (bicyclic) bond motifs is 3. The van der Waals surface area contributed by atoms with Crippen LogP contribution in [-0.4, -0.2) is 19.5 Å². The monoisotopic (exact) mass is 321 g/mol. The molecule has 1 aliphatic rings. The summed E-state index contributed by atoms with van der Waals surface area (Å²) < 4.78 is 26.5. The molecular weight excluding hydrogens is 308 g/mol.